The Labute approximate surface area is 161 Å². The van der Waals surface area contributed by atoms with E-state index >= 15 is 0 Å². The molecule has 1 aliphatic rings. The van der Waals surface area contributed by atoms with E-state index < -0.39 is 10.8 Å². The topological polar surface area (TPSA) is 105 Å². The van der Waals surface area contributed by atoms with E-state index in [9.17, 15) is 19.7 Å². The molecule has 2 amide bonds. The fraction of sp³-hybridized carbons (Fsp3) is 0.263. The quantitative estimate of drug-likeness (QED) is 0.604. The molecule has 1 aliphatic heterocycles. The van der Waals surface area contributed by atoms with E-state index in [0.29, 0.717) is 35.8 Å². The molecule has 1 N–H and O–H groups in total. The maximum Gasteiger partial charge on any atom is 0.269 e. The number of carbonyl (C=O) groups is 2. The van der Waals surface area contributed by atoms with Crippen molar-refractivity contribution in [2.45, 2.75) is 0 Å². The predicted molar refractivity (Wildman–Crippen MR) is 104 cm³/mol. The van der Waals surface area contributed by atoms with Crippen molar-refractivity contribution in [3.63, 3.8) is 0 Å². The number of hydrogen-bond donors (Lipinski definition) is 1. The van der Waals surface area contributed by atoms with Crippen LogP contribution >= 0.6 is 0 Å². The fourth-order valence-corrected chi connectivity index (χ4v) is 2.77. The molecule has 3 rings (SSSR count). The summed E-state index contributed by atoms with van der Waals surface area (Å²) < 4.78 is 5.51. The van der Waals surface area contributed by atoms with Crippen LogP contribution in [0.25, 0.3) is 0 Å². The fourth-order valence-electron chi connectivity index (χ4n) is 2.77. The van der Waals surface area contributed by atoms with Crippen LogP contribution in [0.2, 0.25) is 0 Å². The minimum atomic E-state index is -0.522. The number of nitrogens with one attached hydrogen (secondary N) is 1. The van der Waals surface area contributed by atoms with Gasteiger partial charge in [0.25, 0.3) is 17.5 Å². The number of rotatable bonds is 6. The molecule has 0 saturated carbocycles. The number of benzene rings is 2. The molecule has 9 heteroatoms. The molecule has 1 heterocycles. The molecule has 146 valence electrons. The third-order valence-electron chi connectivity index (χ3n) is 4.27. The molecule has 0 spiro atoms. The van der Waals surface area contributed by atoms with Crippen LogP contribution < -0.4 is 15.0 Å². The number of hydrogen-bond acceptors (Lipinski definition) is 6. The summed E-state index contributed by atoms with van der Waals surface area (Å²) in [5.74, 6) is 0.00284. The molecule has 2 aromatic rings. The van der Waals surface area contributed by atoms with Crippen LogP contribution in [0.15, 0.2) is 42.5 Å². The highest BCUT2D eigenvalue weighted by Crippen LogP contribution is 2.34. The average molecular weight is 384 g/mol. The summed E-state index contributed by atoms with van der Waals surface area (Å²) >= 11 is 0. The average Bonchev–Trinajstić information content (AvgIpc) is 2.67. The number of likely N-dealkylation sites (N-methyl/N-ethyl adjacent to an activating group) is 1. The third-order valence-corrected chi connectivity index (χ3v) is 4.27. The first-order chi connectivity index (χ1) is 13.3. The number of anilines is 2. The minimum absolute atomic E-state index is 0.0554. The van der Waals surface area contributed by atoms with Gasteiger partial charge < -0.3 is 19.9 Å². The zero-order valence-electron chi connectivity index (χ0n) is 15.5. The smallest absolute Gasteiger partial charge is 0.269 e. The lowest BCUT2D eigenvalue weighted by Crippen LogP contribution is -2.42. The van der Waals surface area contributed by atoms with Crippen molar-refractivity contribution in [3.8, 4) is 5.75 Å². The first-order valence-electron chi connectivity index (χ1n) is 8.63. The van der Waals surface area contributed by atoms with Crippen molar-refractivity contribution in [3.05, 3.63) is 58.1 Å². The Morgan fingerprint density at radius 2 is 1.96 bits per heavy atom. The number of non-ortho nitro benzene ring substituents is 1. The van der Waals surface area contributed by atoms with Crippen LogP contribution in [0.5, 0.6) is 5.75 Å². The molecular formula is C19H20N4O5. The Bertz CT molecular complexity index is 911. The van der Waals surface area contributed by atoms with Crippen molar-refractivity contribution >= 4 is 28.9 Å². The zero-order chi connectivity index (χ0) is 20.3. The van der Waals surface area contributed by atoms with Crippen LogP contribution in [0.3, 0.4) is 0 Å². The summed E-state index contributed by atoms with van der Waals surface area (Å²) in [5.41, 5.74) is 1.38. The number of amides is 2. The first-order valence-corrected chi connectivity index (χ1v) is 8.63. The van der Waals surface area contributed by atoms with Crippen molar-refractivity contribution in [2.24, 2.45) is 0 Å². The highest BCUT2D eigenvalue weighted by molar-refractivity contribution is 6.05. The van der Waals surface area contributed by atoms with Crippen LogP contribution in [-0.2, 0) is 4.79 Å². The van der Waals surface area contributed by atoms with Gasteiger partial charge in [-0.1, -0.05) is 0 Å². The van der Waals surface area contributed by atoms with Gasteiger partial charge in [-0.25, -0.2) is 0 Å². The Balaban J connectivity index is 1.75. The molecule has 0 atom stereocenters. The summed E-state index contributed by atoms with van der Waals surface area (Å²) in [5, 5.41) is 13.4. The van der Waals surface area contributed by atoms with Gasteiger partial charge in [-0.05, 0) is 38.4 Å². The third kappa shape index (κ3) is 4.26. The number of nitrogens with zero attached hydrogens (tertiary/aromatic N) is 3. The highest BCUT2D eigenvalue weighted by Gasteiger charge is 2.25. The Kier molecular flexibility index (Phi) is 5.55. The van der Waals surface area contributed by atoms with Gasteiger partial charge in [0.2, 0.25) is 0 Å². The number of nitro groups is 1. The van der Waals surface area contributed by atoms with E-state index in [0.717, 1.165) is 0 Å². The summed E-state index contributed by atoms with van der Waals surface area (Å²) in [6.07, 6.45) is 0. The minimum Gasteiger partial charge on any atom is -0.481 e. The van der Waals surface area contributed by atoms with Gasteiger partial charge >= 0.3 is 0 Å². The van der Waals surface area contributed by atoms with Crippen LogP contribution in [0.1, 0.15) is 10.4 Å². The second kappa shape index (κ2) is 8.05. The Hall–Kier alpha value is -3.46. The summed E-state index contributed by atoms with van der Waals surface area (Å²) in [6, 6.07) is 10.4. The van der Waals surface area contributed by atoms with Crippen molar-refractivity contribution in [2.75, 3.05) is 44.0 Å². The molecule has 28 heavy (non-hydrogen) atoms. The number of fused-ring (bicyclic) bond motifs is 1. The second-order valence-electron chi connectivity index (χ2n) is 6.58. The number of ether oxygens (including phenoxy) is 1. The first kappa shape index (κ1) is 19.3. The number of carbonyl (C=O) groups excluding carboxylic acids is 2. The highest BCUT2D eigenvalue weighted by atomic mass is 16.6. The van der Waals surface area contributed by atoms with Gasteiger partial charge in [0.05, 0.1) is 10.6 Å². The van der Waals surface area contributed by atoms with Gasteiger partial charge in [0.15, 0.2) is 6.61 Å². The summed E-state index contributed by atoms with van der Waals surface area (Å²) in [7, 11) is 3.87. The monoisotopic (exact) mass is 384 g/mol. The predicted octanol–water partition coefficient (Wildman–Crippen LogP) is 2.13. The van der Waals surface area contributed by atoms with E-state index in [4.69, 9.17) is 4.74 Å². The van der Waals surface area contributed by atoms with Crippen LogP contribution in [-0.4, -0.2) is 55.4 Å². The molecule has 0 unspecified atom stereocenters. The largest absolute Gasteiger partial charge is 0.481 e. The van der Waals surface area contributed by atoms with Crippen LogP contribution in [0.4, 0.5) is 17.1 Å². The van der Waals surface area contributed by atoms with E-state index in [1.54, 1.807) is 23.1 Å². The maximum absolute atomic E-state index is 12.4. The van der Waals surface area contributed by atoms with E-state index in [2.05, 4.69) is 5.32 Å². The van der Waals surface area contributed by atoms with Gasteiger partial charge in [-0.2, -0.15) is 0 Å². The van der Waals surface area contributed by atoms with Crippen LogP contribution in [0, 0.1) is 10.1 Å². The second-order valence-corrected chi connectivity index (χ2v) is 6.58. The standard InChI is InChI=1S/C19H20N4O5/c1-21(2)9-10-22-16-8-5-14(11-17(16)28-12-18(22)24)20-19(25)13-3-6-15(7-4-13)23(26)27/h3-8,11H,9-10,12H2,1-2H3,(H,20,25). The molecule has 0 bridgehead atoms. The molecule has 0 saturated heterocycles. The molecule has 9 nitrogen and oxygen atoms in total. The molecular weight excluding hydrogens is 364 g/mol. The Morgan fingerprint density at radius 1 is 1.25 bits per heavy atom. The molecule has 0 aromatic heterocycles. The lowest BCUT2D eigenvalue weighted by Gasteiger charge is -2.30. The lowest BCUT2D eigenvalue weighted by atomic mass is 10.1. The lowest BCUT2D eigenvalue weighted by molar-refractivity contribution is -0.384. The zero-order valence-corrected chi connectivity index (χ0v) is 15.5. The van der Waals surface area contributed by atoms with E-state index in [1.807, 2.05) is 19.0 Å². The van der Waals surface area contributed by atoms with E-state index in [-0.39, 0.29) is 18.2 Å². The van der Waals surface area contributed by atoms with Gasteiger partial charge in [0.1, 0.15) is 5.75 Å². The maximum atomic E-state index is 12.4. The molecule has 0 aliphatic carbocycles. The Morgan fingerprint density at radius 3 is 2.61 bits per heavy atom. The normalized spacial score (nSPS) is 13.1. The molecule has 0 radical (unpaired) electrons. The molecule has 2 aromatic carbocycles. The summed E-state index contributed by atoms with van der Waals surface area (Å²) in [6.45, 7) is 1.20. The van der Waals surface area contributed by atoms with Gasteiger partial charge in [-0.3, -0.25) is 19.7 Å². The van der Waals surface area contributed by atoms with Gasteiger partial charge in [-0.15, -0.1) is 0 Å². The van der Waals surface area contributed by atoms with Crippen molar-refractivity contribution in [1.82, 2.24) is 4.90 Å². The number of nitro benzene ring substituents is 1. The van der Waals surface area contributed by atoms with Crippen molar-refractivity contribution in [1.29, 1.82) is 0 Å². The van der Waals surface area contributed by atoms with Gasteiger partial charge in [0, 0.05) is 42.5 Å². The van der Waals surface area contributed by atoms with Crippen molar-refractivity contribution < 1.29 is 19.2 Å². The summed E-state index contributed by atoms with van der Waals surface area (Å²) in [4.78, 5) is 38.4. The SMILES string of the molecule is CN(C)CCN1C(=O)COc2cc(NC(=O)c3ccc([N+](=O)[O-])cc3)ccc21. The molecule has 0 fully saturated rings. The van der Waals surface area contributed by atoms with E-state index in [1.165, 1.54) is 24.3 Å².